The quantitative estimate of drug-likeness (QED) is 0.731. The van der Waals surface area contributed by atoms with Crippen LogP contribution in [0.15, 0.2) is 0 Å². The Balaban J connectivity index is 1.91. The van der Waals surface area contributed by atoms with E-state index >= 15 is 0 Å². The number of carbonyl (C=O) groups excluding carboxylic acids is 2. The van der Waals surface area contributed by atoms with Gasteiger partial charge in [0.05, 0.1) is 13.0 Å². The molecule has 2 rings (SSSR count). The molecule has 1 atom stereocenters. The summed E-state index contributed by atoms with van der Waals surface area (Å²) >= 11 is 0. The van der Waals surface area contributed by atoms with Crippen LogP contribution < -0.4 is 0 Å². The van der Waals surface area contributed by atoms with Gasteiger partial charge in [0.2, 0.25) is 5.91 Å². The second-order valence-corrected chi connectivity index (χ2v) is 6.19. The Morgan fingerprint density at radius 1 is 0.900 bits per heavy atom. The lowest BCUT2D eigenvalue weighted by molar-refractivity contribution is -0.149. The predicted octanol–water partition coefficient (Wildman–Crippen LogP) is 2.76. The van der Waals surface area contributed by atoms with Gasteiger partial charge in [-0.3, -0.25) is 9.59 Å². The first-order chi connectivity index (χ1) is 9.72. The number of hydrogen-bond acceptors (Lipinski definition) is 3. The van der Waals surface area contributed by atoms with Crippen LogP contribution in [0.3, 0.4) is 0 Å². The molecule has 1 saturated heterocycles. The number of likely N-dealkylation sites (tertiary alicyclic amines) is 1. The van der Waals surface area contributed by atoms with Crippen molar-refractivity contribution in [2.45, 2.75) is 57.8 Å². The molecule has 0 bridgehead atoms. The third-order valence-electron chi connectivity index (χ3n) is 4.72. The lowest BCUT2D eigenvalue weighted by Gasteiger charge is -2.34. The largest absolute Gasteiger partial charge is 0.469 e. The van der Waals surface area contributed by atoms with Crippen LogP contribution in [0.25, 0.3) is 0 Å². The molecule has 0 aromatic carbocycles. The molecule has 0 spiro atoms. The molecule has 0 aromatic rings. The van der Waals surface area contributed by atoms with Crippen LogP contribution in [0.2, 0.25) is 0 Å². The van der Waals surface area contributed by atoms with Crippen LogP contribution in [0.5, 0.6) is 0 Å². The molecule has 0 N–H and O–H groups in total. The van der Waals surface area contributed by atoms with Gasteiger partial charge in [0.15, 0.2) is 0 Å². The van der Waals surface area contributed by atoms with Gasteiger partial charge in [-0.05, 0) is 25.7 Å². The van der Waals surface area contributed by atoms with Crippen molar-refractivity contribution in [2.75, 3.05) is 20.2 Å². The summed E-state index contributed by atoms with van der Waals surface area (Å²) in [5, 5.41) is 0. The minimum absolute atomic E-state index is 0.119. The molecular weight excluding hydrogens is 254 g/mol. The molecule has 0 aromatic heterocycles. The van der Waals surface area contributed by atoms with Crippen molar-refractivity contribution in [1.82, 2.24) is 4.90 Å². The highest BCUT2D eigenvalue weighted by molar-refractivity contribution is 5.80. The van der Waals surface area contributed by atoms with E-state index in [1.165, 1.54) is 39.2 Å². The van der Waals surface area contributed by atoms with Crippen molar-refractivity contribution in [2.24, 2.45) is 11.8 Å². The average molecular weight is 281 g/mol. The second kappa shape index (κ2) is 7.65. The smallest absolute Gasteiger partial charge is 0.310 e. The molecule has 20 heavy (non-hydrogen) atoms. The third kappa shape index (κ3) is 3.97. The zero-order chi connectivity index (χ0) is 14.4. The van der Waals surface area contributed by atoms with Gasteiger partial charge in [-0.15, -0.1) is 0 Å². The minimum atomic E-state index is -0.167. The van der Waals surface area contributed by atoms with E-state index in [4.69, 9.17) is 4.74 Å². The van der Waals surface area contributed by atoms with Crippen LogP contribution >= 0.6 is 0 Å². The van der Waals surface area contributed by atoms with Crippen molar-refractivity contribution in [3.63, 3.8) is 0 Å². The predicted molar refractivity (Wildman–Crippen MR) is 77.1 cm³/mol. The highest BCUT2D eigenvalue weighted by Gasteiger charge is 2.32. The number of amides is 1. The van der Waals surface area contributed by atoms with Crippen LogP contribution in [0, 0.1) is 11.8 Å². The van der Waals surface area contributed by atoms with Gasteiger partial charge in [0.1, 0.15) is 0 Å². The first kappa shape index (κ1) is 15.3. The van der Waals surface area contributed by atoms with E-state index in [9.17, 15) is 9.59 Å². The number of nitrogens with zero attached hydrogens (tertiary/aromatic N) is 1. The zero-order valence-corrected chi connectivity index (χ0v) is 12.6. The lowest BCUT2D eigenvalue weighted by Crippen LogP contribution is -2.45. The lowest BCUT2D eigenvalue weighted by atomic mass is 9.89. The van der Waals surface area contributed by atoms with Crippen molar-refractivity contribution in [3.05, 3.63) is 0 Å². The maximum Gasteiger partial charge on any atom is 0.310 e. The molecular formula is C16H27NO3. The molecule has 0 unspecified atom stereocenters. The van der Waals surface area contributed by atoms with Gasteiger partial charge < -0.3 is 9.64 Å². The molecule has 1 amide bonds. The third-order valence-corrected chi connectivity index (χ3v) is 4.72. The number of rotatable bonds is 2. The van der Waals surface area contributed by atoms with Crippen LogP contribution in [-0.4, -0.2) is 37.0 Å². The van der Waals surface area contributed by atoms with Crippen molar-refractivity contribution < 1.29 is 14.3 Å². The number of piperidine rings is 1. The fourth-order valence-corrected chi connectivity index (χ4v) is 3.50. The first-order valence-electron chi connectivity index (χ1n) is 8.09. The second-order valence-electron chi connectivity index (χ2n) is 6.19. The van der Waals surface area contributed by atoms with Gasteiger partial charge >= 0.3 is 5.97 Å². The molecule has 1 aliphatic heterocycles. The molecule has 2 aliphatic rings. The fraction of sp³-hybridized carbons (Fsp3) is 0.875. The van der Waals surface area contributed by atoms with Crippen molar-refractivity contribution >= 4 is 11.9 Å². The maximum atomic E-state index is 12.6. The first-order valence-corrected chi connectivity index (χ1v) is 8.09. The number of esters is 1. The normalized spacial score (nSPS) is 25.6. The molecule has 114 valence electrons. The van der Waals surface area contributed by atoms with Gasteiger partial charge in [-0.25, -0.2) is 0 Å². The molecule has 2 fully saturated rings. The number of ether oxygens (including phenoxy) is 1. The Bertz CT molecular complexity index is 335. The summed E-state index contributed by atoms with van der Waals surface area (Å²) < 4.78 is 4.82. The molecule has 4 heteroatoms. The Morgan fingerprint density at radius 2 is 1.50 bits per heavy atom. The summed E-state index contributed by atoms with van der Waals surface area (Å²) in [6, 6.07) is 0. The van der Waals surface area contributed by atoms with E-state index in [1.54, 1.807) is 0 Å². The van der Waals surface area contributed by atoms with E-state index in [-0.39, 0.29) is 23.7 Å². The van der Waals surface area contributed by atoms with Crippen LogP contribution in [0.1, 0.15) is 57.8 Å². The van der Waals surface area contributed by atoms with E-state index in [2.05, 4.69) is 0 Å². The summed E-state index contributed by atoms with van der Waals surface area (Å²) in [5.74, 6) is 0.179. The molecule has 0 radical (unpaired) electrons. The van der Waals surface area contributed by atoms with Crippen LogP contribution in [0.4, 0.5) is 0 Å². The van der Waals surface area contributed by atoms with Gasteiger partial charge in [-0.1, -0.05) is 32.1 Å². The monoisotopic (exact) mass is 281 g/mol. The standard InChI is InChI=1S/C16H27NO3/c1-20-16(19)14-10-7-11-17(12-14)15(18)13-8-5-3-2-4-6-9-13/h13-14H,2-12H2,1H3/t14-/m0/s1. The number of methoxy groups -OCH3 is 1. The Kier molecular flexibility index (Phi) is 5.86. The minimum Gasteiger partial charge on any atom is -0.469 e. The highest BCUT2D eigenvalue weighted by atomic mass is 16.5. The number of hydrogen-bond donors (Lipinski definition) is 0. The topological polar surface area (TPSA) is 46.6 Å². The van der Waals surface area contributed by atoms with E-state index in [1.807, 2.05) is 4.90 Å². The Morgan fingerprint density at radius 3 is 2.15 bits per heavy atom. The molecule has 1 heterocycles. The van der Waals surface area contributed by atoms with E-state index in [0.29, 0.717) is 6.54 Å². The highest BCUT2D eigenvalue weighted by Crippen LogP contribution is 2.26. The van der Waals surface area contributed by atoms with E-state index < -0.39 is 0 Å². The van der Waals surface area contributed by atoms with Crippen molar-refractivity contribution in [3.8, 4) is 0 Å². The fourth-order valence-electron chi connectivity index (χ4n) is 3.50. The zero-order valence-electron chi connectivity index (χ0n) is 12.6. The van der Waals surface area contributed by atoms with E-state index in [0.717, 1.165) is 32.2 Å². The molecule has 1 aliphatic carbocycles. The summed E-state index contributed by atoms with van der Waals surface area (Å²) in [5.41, 5.74) is 0. The summed E-state index contributed by atoms with van der Waals surface area (Å²) in [6.45, 7) is 1.37. The summed E-state index contributed by atoms with van der Waals surface area (Å²) in [6.07, 6.45) is 9.99. The SMILES string of the molecule is COC(=O)[C@H]1CCCN(C(=O)C2CCCCCCC2)C1. The Labute approximate surface area is 121 Å². The Hall–Kier alpha value is -1.06. The van der Waals surface area contributed by atoms with Crippen molar-refractivity contribution in [1.29, 1.82) is 0 Å². The number of carbonyl (C=O) groups is 2. The van der Waals surface area contributed by atoms with Crippen LogP contribution in [-0.2, 0) is 14.3 Å². The average Bonchev–Trinajstić information content (AvgIpc) is 2.45. The van der Waals surface area contributed by atoms with Gasteiger partial charge in [-0.2, -0.15) is 0 Å². The summed E-state index contributed by atoms with van der Waals surface area (Å²) in [4.78, 5) is 26.2. The molecule has 1 saturated carbocycles. The maximum absolute atomic E-state index is 12.6. The molecule has 4 nitrogen and oxygen atoms in total. The summed E-state index contributed by atoms with van der Waals surface area (Å²) in [7, 11) is 1.43. The van der Waals surface area contributed by atoms with Gasteiger partial charge in [0, 0.05) is 19.0 Å². The van der Waals surface area contributed by atoms with Gasteiger partial charge in [0.25, 0.3) is 0 Å².